The Balaban J connectivity index is 1.52. The zero-order valence-corrected chi connectivity index (χ0v) is 11.3. The molecule has 1 aliphatic carbocycles. The summed E-state index contributed by atoms with van der Waals surface area (Å²) in [5, 5.41) is 11.5. The molecule has 5 nitrogen and oxygen atoms in total. The number of carboxylic acids is 1. The molecular weight excluding hydrogens is 270 g/mol. The molecular formula is C16H15NO4. The number of carboxylic acid groups (broad SMARTS) is 1. The van der Waals surface area contributed by atoms with Gasteiger partial charge < -0.3 is 14.8 Å². The molecule has 1 saturated carbocycles. The Morgan fingerprint density at radius 1 is 1.19 bits per heavy atom. The fourth-order valence-corrected chi connectivity index (χ4v) is 2.45. The van der Waals surface area contributed by atoms with Crippen molar-refractivity contribution in [2.45, 2.75) is 18.9 Å². The highest BCUT2D eigenvalue weighted by atomic mass is 16.4. The Hall–Kier alpha value is -2.56. The van der Waals surface area contributed by atoms with Gasteiger partial charge in [-0.2, -0.15) is 0 Å². The van der Waals surface area contributed by atoms with Crippen molar-refractivity contribution >= 4 is 11.9 Å². The monoisotopic (exact) mass is 285 g/mol. The lowest BCUT2D eigenvalue weighted by molar-refractivity contribution is -0.122. The highest BCUT2D eigenvalue weighted by Crippen LogP contribution is 2.47. The minimum Gasteiger partial charge on any atom is -0.475 e. The van der Waals surface area contributed by atoms with Crippen LogP contribution in [0.1, 0.15) is 34.2 Å². The van der Waals surface area contributed by atoms with E-state index >= 15 is 0 Å². The molecule has 1 fully saturated rings. The summed E-state index contributed by atoms with van der Waals surface area (Å²) in [5.74, 6) is -0.514. The van der Waals surface area contributed by atoms with Gasteiger partial charge in [-0.3, -0.25) is 4.79 Å². The maximum absolute atomic E-state index is 12.0. The van der Waals surface area contributed by atoms with Crippen LogP contribution in [0.15, 0.2) is 46.9 Å². The van der Waals surface area contributed by atoms with Crippen molar-refractivity contribution in [2.75, 3.05) is 0 Å². The fraction of sp³-hybridized carbons (Fsp3) is 0.250. The lowest BCUT2D eigenvalue weighted by Crippen LogP contribution is -2.24. The lowest BCUT2D eigenvalue weighted by Gasteiger charge is -2.03. The van der Waals surface area contributed by atoms with Crippen molar-refractivity contribution in [3.05, 3.63) is 59.5 Å². The fourth-order valence-electron chi connectivity index (χ4n) is 2.45. The predicted octanol–water partition coefficient (Wildman–Crippen LogP) is 2.40. The molecule has 1 aliphatic rings. The van der Waals surface area contributed by atoms with Crippen molar-refractivity contribution in [3.63, 3.8) is 0 Å². The van der Waals surface area contributed by atoms with Crippen molar-refractivity contribution in [3.8, 4) is 0 Å². The van der Waals surface area contributed by atoms with Gasteiger partial charge in [0.15, 0.2) is 0 Å². The Morgan fingerprint density at radius 2 is 1.95 bits per heavy atom. The maximum atomic E-state index is 12.0. The predicted molar refractivity (Wildman–Crippen MR) is 74.8 cm³/mol. The van der Waals surface area contributed by atoms with Crippen molar-refractivity contribution in [1.82, 2.24) is 5.32 Å². The normalized spacial score (nSPS) is 20.0. The number of rotatable bonds is 5. The highest BCUT2D eigenvalue weighted by molar-refractivity contribution is 5.84. The molecule has 2 unspecified atom stereocenters. The molecule has 1 aromatic carbocycles. The first-order chi connectivity index (χ1) is 10.1. The zero-order chi connectivity index (χ0) is 14.8. The summed E-state index contributed by atoms with van der Waals surface area (Å²) in [5.41, 5.74) is 1.18. The number of benzene rings is 1. The van der Waals surface area contributed by atoms with E-state index in [0.29, 0.717) is 5.76 Å². The molecule has 0 bridgehead atoms. The van der Waals surface area contributed by atoms with Gasteiger partial charge in [0.05, 0.1) is 6.54 Å². The van der Waals surface area contributed by atoms with Crippen LogP contribution in [0.5, 0.6) is 0 Å². The molecule has 0 spiro atoms. The second-order valence-corrected chi connectivity index (χ2v) is 5.15. The summed E-state index contributed by atoms with van der Waals surface area (Å²) in [6, 6.07) is 12.9. The largest absolute Gasteiger partial charge is 0.475 e. The van der Waals surface area contributed by atoms with E-state index in [0.717, 1.165) is 6.42 Å². The molecule has 1 aromatic heterocycles. The molecule has 1 heterocycles. The Labute approximate surface area is 121 Å². The number of furan rings is 1. The van der Waals surface area contributed by atoms with Crippen LogP contribution in [0.25, 0.3) is 0 Å². The average molecular weight is 285 g/mol. The van der Waals surface area contributed by atoms with Gasteiger partial charge in [0.25, 0.3) is 0 Å². The minimum absolute atomic E-state index is 0.00121. The van der Waals surface area contributed by atoms with Crippen LogP contribution in [-0.2, 0) is 11.3 Å². The van der Waals surface area contributed by atoms with Crippen LogP contribution in [0.3, 0.4) is 0 Å². The molecule has 3 rings (SSSR count). The standard InChI is InChI=1S/C16H15NO4/c18-15(13-8-12(13)10-4-2-1-3-5-10)17-9-11-6-7-14(21-11)16(19)20/h1-7,12-13H,8-9H2,(H,17,18)(H,19,20). The molecule has 2 N–H and O–H groups in total. The first-order valence-electron chi connectivity index (χ1n) is 6.80. The molecule has 2 aromatic rings. The van der Waals surface area contributed by atoms with Crippen LogP contribution in [0, 0.1) is 5.92 Å². The highest BCUT2D eigenvalue weighted by Gasteiger charge is 2.43. The van der Waals surface area contributed by atoms with Gasteiger partial charge in [-0.25, -0.2) is 4.79 Å². The van der Waals surface area contributed by atoms with E-state index in [1.807, 2.05) is 30.3 Å². The number of nitrogens with one attached hydrogen (secondary N) is 1. The molecule has 5 heteroatoms. The van der Waals surface area contributed by atoms with E-state index in [2.05, 4.69) is 5.32 Å². The Kier molecular flexibility index (Phi) is 3.48. The molecule has 21 heavy (non-hydrogen) atoms. The molecule has 108 valence electrons. The second-order valence-electron chi connectivity index (χ2n) is 5.15. The summed E-state index contributed by atoms with van der Waals surface area (Å²) in [6.07, 6.45) is 0.856. The number of carbonyl (C=O) groups excluding carboxylic acids is 1. The first kappa shape index (κ1) is 13.4. The van der Waals surface area contributed by atoms with Crippen molar-refractivity contribution in [2.24, 2.45) is 5.92 Å². The van der Waals surface area contributed by atoms with Crippen LogP contribution in [0.2, 0.25) is 0 Å². The molecule has 0 saturated heterocycles. The molecule has 2 atom stereocenters. The third-order valence-electron chi connectivity index (χ3n) is 3.66. The van der Waals surface area contributed by atoms with Crippen LogP contribution in [0.4, 0.5) is 0 Å². The van der Waals surface area contributed by atoms with Crippen molar-refractivity contribution < 1.29 is 19.1 Å². The third kappa shape index (κ3) is 2.97. The van der Waals surface area contributed by atoms with Crippen molar-refractivity contribution in [1.29, 1.82) is 0 Å². The maximum Gasteiger partial charge on any atom is 0.371 e. The van der Waals surface area contributed by atoms with Gasteiger partial charge in [0.1, 0.15) is 5.76 Å². The zero-order valence-electron chi connectivity index (χ0n) is 11.3. The quantitative estimate of drug-likeness (QED) is 0.884. The topological polar surface area (TPSA) is 79.5 Å². The summed E-state index contributed by atoms with van der Waals surface area (Å²) >= 11 is 0. The van der Waals surface area contributed by atoms with Gasteiger partial charge in [0.2, 0.25) is 11.7 Å². The summed E-state index contributed by atoms with van der Waals surface area (Å²) in [6.45, 7) is 0.212. The van der Waals surface area contributed by atoms with E-state index in [9.17, 15) is 9.59 Å². The lowest BCUT2D eigenvalue weighted by atomic mass is 10.1. The van der Waals surface area contributed by atoms with E-state index in [1.54, 1.807) is 6.07 Å². The van der Waals surface area contributed by atoms with E-state index in [1.165, 1.54) is 11.6 Å². The van der Waals surface area contributed by atoms with Gasteiger partial charge in [0, 0.05) is 5.92 Å². The average Bonchev–Trinajstić information content (AvgIpc) is 3.15. The number of aromatic carboxylic acids is 1. The number of hydrogen-bond acceptors (Lipinski definition) is 3. The summed E-state index contributed by atoms with van der Waals surface area (Å²) in [7, 11) is 0. The minimum atomic E-state index is -1.11. The SMILES string of the molecule is O=C(O)c1ccc(CNC(=O)C2CC2c2ccccc2)o1. The van der Waals surface area contributed by atoms with Gasteiger partial charge in [-0.1, -0.05) is 30.3 Å². The van der Waals surface area contributed by atoms with Gasteiger partial charge in [-0.05, 0) is 30.0 Å². The summed E-state index contributed by atoms with van der Waals surface area (Å²) in [4.78, 5) is 22.7. The third-order valence-corrected chi connectivity index (χ3v) is 3.66. The van der Waals surface area contributed by atoms with E-state index in [4.69, 9.17) is 9.52 Å². The van der Waals surface area contributed by atoms with E-state index in [-0.39, 0.29) is 30.0 Å². The smallest absolute Gasteiger partial charge is 0.371 e. The molecule has 0 aliphatic heterocycles. The van der Waals surface area contributed by atoms with Crippen LogP contribution < -0.4 is 5.32 Å². The molecule has 0 radical (unpaired) electrons. The Bertz CT molecular complexity index is 662. The number of amides is 1. The first-order valence-corrected chi connectivity index (χ1v) is 6.80. The summed E-state index contributed by atoms with van der Waals surface area (Å²) < 4.78 is 5.09. The van der Waals surface area contributed by atoms with E-state index < -0.39 is 5.97 Å². The Morgan fingerprint density at radius 3 is 2.62 bits per heavy atom. The van der Waals surface area contributed by atoms with Gasteiger partial charge >= 0.3 is 5.97 Å². The van der Waals surface area contributed by atoms with Crippen LogP contribution >= 0.6 is 0 Å². The van der Waals surface area contributed by atoms with Gasteiger partial charge in [-0.15, -0.1) is 0 Å². The number of carbonyl (C=O) groups is 2. The van der Waals surface area contributed by atoms with Crippen LogP contribution in [-0.4, -0.2) is 17.0 Å². The molecule has 1 amide bonds. The number of hydrogen-bond donors (Lipinski definition) is 2. The second kappa shape index (κ2) is 5.44.